The first kappa shape index (κ1) is 13.6. The molecule has 1 unspecified atom stereocenters. The lowest BCUT2D eigenvalue weighted by Gasteiger charge is -2.27. The van der Waals surface area contributed by atoms with Crippen LogP contribution in [0.3, 0.4) is 0 Å². The molecule has 2 N–H and O–H groups in total. The molecular weight excluding hydrogens is 234 g/mol. The van der Waals surface area contributed by atoms with Crippen LogP contribution in [0.1, 0.15) is 24.5 Å². The molecule has 0 saturated heterocycles. The molecule has 0 saturated carbocycles. The van der Waals surface area contributed by atoms with Gasteiger partial charge in [-0.25, -0.2) is 0 Å². The molecule has 0 bridgehead atoms. The molecule has 0 amide bonds. The Hall–Kier alpha value is -1.80. The van der Waals surface area contributed by atoms with Crippen LogP contribution in [0.15, 0.2) is 54.6 Å². The monoisotopic (exact) mass is 255 g/mol. The van der Waals surface area contributed by atoms with Gasteiger partial charge in [-0.1, -0.05) is 48.5 Å². The van der Waals surface area contributed by atoms with Crippen molar-refractivity contribution < 1.29 is 4.74 Å². The van der Waals surface area contributed by atoms with Gasteiger partial charge in [-0.15, -0.1) is 0 Å². The van der Waals surface area contributed by atoms with Gasteiger partial charge in [-0.3, -0.25) is 0 Å². The quantitative estimate of drug-likeness (QED) is 0.887. The standard InChI is InChI=1S/C17H21NO/c1-17(18,13-12-14-8-4-3-5-9-14)15-10-6-7-11-16(15)19-2/h3-11H,12-13,18H2,1-2H3. The van der Waals surface area contributed by atoms with E-state index in [0.717, 1.165) is 24.2 Å². The van der Waals surface area contributed by atoms with Crippen LogP contribution < -0.4 is 10.5 Å². The summed E-state index contributed by atoms with van der Waals surface area (Å²) in [6.45, 7) is 2.06. The van der Waals surface area contributed by atoms with Gasteiger partial charge < -0.3 is 10.5 Å². The van der Waals surface area contributed by atoms with Crippen molar-refractivity contribution in [1.29, 1.82) is 0 Å². The summed E-state index contributed by atoms with van der Waals surface area (Å²) in [5.74, 6) is 0.862. The maximum atomic E-state index is 6.48. The number of nitrogens with two attached hydrogens (primary N) is 1. The first-order valence-electron chi connectivity index (χ1n) is 6.60. The fourth-order valence-corrected chi connectivity index (χ4v) is 2.30. The van der Waals surface area contributed by atoms with Crippen molar-refractivity contribution >= 4 is 0 Å². The zero-order valence-corrected chi connectivity index (χ0v) is 11.6. The Morgan fingerprint density at radius 2 is 1.63 bits per heavy atom. The number of benzene rings is 2. The molecule has 0 radical (unpaired) electrons. The number of aryl methyl sites for hydroxylation is 1. The van der Waals surface area contributed by atoms with Crippen LogP contribution in [-0.2, 0) is 12.0 Å². The number of ether oxygens (including phenoxy) is 1. The van der Waals surface area contributed by atoms with Crippen LogP contribution in [0.5, 0.6) is 5.75 Å². The molecule has 0 heterocycles. The summed E-state index contributed by atoms with van der Waals surface area (Å²) in [5, 5.41) is 0. The first-order valence-corrected chi connectivity index (χ1v) is 6.60. The van der Waals surface area contributed by atoms with E-state index in [0.29, 0.717) is 0 Å². The number of methoxy groups -OCH3 is 1. The molecule has 2 aromatic carbocycles. The summed E-state index contributed by atoms with van der Waals surface area (Å²) < 4.78 is 5.40. The molecule has 100 valence electrons. The topological polar surface area (TPSA) is 35.2 Å². The highest BCUT2D eigenvalue weighted by atomic mass is 16.5. The summed E-state index contributed by atoms with van der Waals surface area (Å²) in [6, 6.07) is 18.4. The van der Waals surface area contributed by atoms with Gasteiger partial charge in [-0.2, -0.15) is 0 Å². The van der Waals surface area contributed by atoms with E-state index in [9.17, 15) is 0 Å². The van der Waals surface area contributed by atoms with Gasteiger partial charge in [0.1, 0.15) is 5.75 Å². The Morgan fingerprint density at radius 1 is 1.00 bits per heavy atom. The van der Waals surface area contributed by atoms with Crippen molar-refractivity contribution in [3.63, 3.8) is 0 Å². The molecule has 0 aliphatic carbocycles. The molecule has 2 aromatic rings. The highest BCUT2D eigenvalue weighted by Crippen LogP contribution is 2.31. The minimum atomic E-state index is -0.386. The number of para-hydroxylation sites is 1. The number of hydrogen-bond acceptors (Lipinski definition) is 2. The second kappa shape index (κ2) is 5.89. The maximum absolute atomic E-state index is 6.48. The Bertz CT molecular complexity index is 520. The second-order valence-electron chi connectivity index (χ2n) is 5.10. The van der Waals surface area contributed by atoms with Crippen molar-refractivity contribution in [2.45, 2.75) is 25.3 Å². The highest BCUT2D eigenvalue weighted by molar-refractivity contribution is 5.38. The molecule has 0 aliphatic heterocycles. The normalized spacial score (nSPS) is 13.8. The first-order chi connectivity index (χ1) is 9.13. The molecule has 0 aliphatic rings. The fraction of sp³-hybridized carbons (Fsp3) is 0.294. The van der Waals surface area contributed by atoms with Crippen molar-refractivity contribution in [3.8, 4) is 5.75 Å². The SMILES string of the molecule is COc1ccccc1C(C)(N)CCc1ccccc1. The third-order valence-electron chi connectivity index (χ3n) is 3.50. The molecule has 0 fully saturated rings. The van der Waals surface area contributed by atoms with E-state index in [-0.39, 0.29) is 5.54 Å². The highest BCUT2D eigenvalue weighted by Gasteiger charge is 2.24. The molecular formula is C17H21NO. The third-order valence-corrected chi connectivity index (χ3v) is 3.50. The molecule has 2 rings (SSSR count). The molecule has 1 atom stereocenters. The summed E-state index contributed by atoms with van der Waals surface area (Å²) >= 11 is 0. The molecule has 2 nitrogen and oxygen atoms in total. The third kappa shape index (κ3) is 3.36. The van der Waals surface area contributed by atoms with Gasteiger partial charge in [0.05, 0.1) is 7.11 Å². The van der Waals surface area contributed by atoms with Crippen LogP contribution in [0.25, 0.3) is 0 Å². The van der Waals surface area contributed by atoms with Crippen LogP contribution in [0, 0.1) is 0 Å². The largest absolute Gasteiger partial charge is 0.496 e. The van der Waals surface area contributed by atoms with Crippen molar-refractivity contribution in [2.75, 3.05) is 7.11 Å². The van der Waals surface area contributed by atoms with Crippen LogP contribution in [0.2, 0.25) is 0 Å². The van der Waals surface area contributed by atoms with Gasteiger partial charge in [0.25, 0.3) is 0 Å². The number of rotatable bonds is 5. The van der Waals surface area contributed by atoms with Crippen molar-refractivity contribution in [3.05, 3.63) is 65.7 Å². The molecule has 0 spiro atoms. The minimum absolute atomic E-state index is 0.386. The average Bonchev–Trinajstić information content (AvgIpc) is 2.46. The van der Waals surface area contributed by atoms with Gasteiger partial charge >= 0.3 is 0 Å². The Labute approximate surface area is 115 Å². The fourth-order valence-electron chi connectivity index (χ4n) is 2.30. The molecule has 19 heavy (non-hydrogen) atoms. The van der Waals surface area contributed by atoms with E-state index >= 15 is 0 Å². The van der Waals surface area contributed by atoms with E-state index in [2.05, 4.69) is 31.2 Å². The summed E-state index contributed by atoms with van der Waals surface area (Å²) in [6.07, 6.45) is 1.85. The summed E-state index contributed by atoms with van der Waals surface area (Å²) in [5.41, 5.74) is 8.47. The van der Waals surface area contributed by atoms with E-state index in [4.69, 9.17) is 10.5 Å². The van der Waals surface area contributed by atoms with Crippen LogP contribution >= 0.6 is 0 Å². The predicted molar refractivity (Wildman–Crippen MR) is 79.3 cm³/mol. The van der Waals surface area contributed by atoms with Crippen LogP contribution in [0.4, 0.5) is 0 Å². The minimum Gasteiger partial charge on any atom is -0.496 e. The zero-order valence-electron chi connectivity index (χ0n) is 11.6. The van der Waals surface area contributed by atoms with Crippen molar-refractivity contribution in [1.82, 2.24) is 0 Å². The average molecular weight is 255 g/mol. The van der Waals surface area contributed by atoms with Gasteiger partial charge in [0.2, 0.25) is 0 Å². The summed E-state index contributed by atoms with van der Waals surface area (Å²) in [7, 11) is 1.69. The van der Waals surface area contributed by atoms with Gasteiger partial charge in [-0.05, 0) is 31.4 Å². The maximum Gasteiger partial charge on any atom is 0.123 e. The van der Waals surface area contributed by atoms with E-state index in [1.807, 2.05) is 30.3 Å². The summed E-state index contributed by atoms with van der Waals surface area (Å²) in [4.78, 5) is 0. The Balaban J connectivity index is 2.13. The molecule has 0 aromatic heterocycles. The van der Waals surface area contributed by atoms with Crippen molar-refractivity contribution in [2.24, 2.45) is 5.73 Å². The van der Waals surface area contributed by atoms with Gasteiger partial charge in [0, 0.05) is 11.1 Å². The van der Waals surface area contributed by atoms with Gasteiger partial charge in [0.15, 0.2) is 0 Å². The van der Waals surface area contributed by atoms with E-state index < -0.39 is 0 Å². The lowest BCUT2D eigenvalue weighted by atomic mass is 9.86. The lowest BCUT2D eigenvalue weighted by molar-refractivity contribution is 0.378. The zero-order chi connectivity index (χ0) is 13.7. The predicted octanol–water partition coefficient (Wildman–Crippen LogP) is 3.50. The molecule has 2 heteroatoms. The number of hydrogen-bond donors (Lipinski definition) is 1. The van der Waals surface area contributed by atoms with Crippen LogP contribution in [-0.4, -0.2) is 7.11 Å². The lowest BCUT2D eigenvalue weighted by Crippen LogP contribution is -2.34. The second-order valence-corrected chi connectivity index (χ2v) is 5.10. The van der Waals surface area contributed by atoms with E-state index in [1.165, 1.54) is 5.56 Å². The Kier molecular flexibility index (Phi) is 4.23. The van der Waals surface area contributed by atoms with E-state index in [1.54, 1.807) is 7.11 Å². The smallest absolute Gasteiger partial charge is 0.123 e. The Morgan fingerprint density at radius 3 is 2.32 bits per heavy atom.